The van der Waals surface area contributed by atoms with E-state index in [1.807, 2.05) is 0 Å². The van der Waals surface area contributed by atoms with Crippen LogP contribution in [0.2, 0.25) is 0 Å². The molecule has 10 aromatic carbocycles. The third-order valence-corrected chi connectivity index (χ3v) is 16.2. The summed E-state index contributed by atoms with van der Waals surface area (Å²) in [7, 11) is 0. The predicted octanol–water partition coefficient (Wildman–Crippen LogP) is 17.1. The number of rotatable bonds is 6. The number of fused-ring (bicyclic) bond motifs is 3. The van der Waals surface area contributed by atoms with Crippen LogP contribution in [0.15, 0.2) is 231 Å². The van der Waals surface area contributed by atoms with Crippen molar-refractivity contribution in [1.29, 1.82) is 0 Å². The van der Waals surface area contributed by atoms with Crippen LogP contribution < -0.4 is 0 Å². The van der Waals surface area contributed by atoms with Crippen molar-refractivity contribution < 1.29 is 0 Å². The van der Waals surface area contributed by atoms with E-state index in [2.05, 4.69) is 231 Å². The summed E-state index contributed by atoms with van der Waals surface area (Å²) in [4.78, 5) is 0. The molecule has 0 amide bonds. The van der Waals surface area contributed by atoms with Gasteiger partial charge in [0.25, 0.3) is 0 Å². The Morgan fingerprint density at radius 1 is 0.304 bits per heavy atom. The van der Waals surface area contributed by atoms with Crippen molar-refractivity contribution in [3.63, 3.8) is 0 Å². The summed E-state index contributed by atoms with van der Waals surface area (Å²) in [5, 5.41) is 5.60. The SMILES string of the molecule is C1=CC2=CCc3cccc4c(-c5ccc(-c6ccc(C7(c8ccc(-c9ccc(-c%10cc%11c%12c%13c(cccc%10%13)CC=C%12C=CC%11)cc9)cc8)c8ccccc8-c8ccccc87)cc6)cc5)cc(c2c34)C1. The van der Waals surface area contributed by atoms with Gasteiger partial charge in [0.2, 0.25) is 0 Å². The van der Waals surface area contributed by atoms with Crippen molar-refractivity contribution in [3.05, 3.63) is 286 Å². The lowest BCUT2D eigenvalue weighted by Crippen LogP contribution is -2.28. The molecule has 0 spiro atoms. The second-order valence-corrected chi connectivity index (χ2v) is 19.7. The van der Waals surface area contributed by atoms with Gasteiger partial charge in [0, 0.05) is 0 Å². The van der Waals surface area contributed by atoms with Crippen LogP contribution in [0, 0.1) is 0 Å². The summed E-state index contributed by atoms with van der Waals surface area (Å²) in [6.07, 6.45) is 18.0. The predicted molar refractivity (Wildman–Crippen MR) is 290 cm³/mol. The number of allylic oxidation sites excluding steroid dienone is 8. The van der Waals surface area contributed by atoms with Crippen molar-refractivity contribution in [3.8, 4) is 55.6 Å². The van der Waals surface area contributed by atoms with Crippen molar-refractivity contribution in [1.82, 2.24) is 0 Å². The third kappa shape index (κ3) is 5.64. The van der Waals surface area contributed by atoms with E-state index in [-0.39, 0.29) is 0 Å². The average Bonchev–Trinajstić information content (AvgIpc) is 3.73. The highest BCUT2D eigenvalue weighted by Gasteiger charge is 2.46. The topological polar surface area (TPSA) is 0 Å². The Kier molecular flexibility index (Phi) is 8.33. The molecule has 0 unspecified atom stereocenters. The summed E-state index contributed by atoms with van der Waals surface area (Å²) in [5.74, 6) is 0. The van der Waals surface area contributed by atoms with Gasteiger partial charge in [-0.2, -0.15) is 0 Å². The highest BCUT2D eigenvalue weighted by molar-refractivity contribution is 6.10. The molecule has 0 radical (unpaired) electrons. The summed E-state index contributed by atoms with van der Waals surface area (Å²) >= 11 is 0. The molecule has 5 aliphatic carbocycles. The molecule has 0 nitrogen and oxygen atoms in total. The number of hydrogen-bond donors (Lipinski definition) is 0. The van der Waals surface area contributed by atoms with E-state index in [1.54, 1.807) is 0 Å². The maximum atomic E-state index is 2.45. The Hall–Kier alpha value is -8.32. The monoisotopic (exact) mass is 874 g/mol. The van der Waals surface area contributed by atoms with E-state index >= 15 is 0 Å². The van der Waals surface area contributed by atoms with Crippen LogP contribution in [0.4, 0.5) is 0 Å². The molecule has 15 rings (SSSR count). The molecule has 5 aliphatic rings. The van der Waals surface area contributed by atoms with Gasteiger partial charge in [-0.25, -0.2) is 0 Å². The maximum Gasteiger partial charge on any atom is 0.0713 e. The molecule has 0 atom stereocenters. The Balaban J connectivity index is 0.785. The first-order chi connectivity index (χ1) is 34.2. The molecule has 0 N–H and O–H groups in total. The summed E-state index contributed by atoms with van der Waals surface area (Å²) in [6.45, 7) is 0. The second kappa shape index (κ2) is 14.8. The number of benzene rings is 10. The van der Waals surface area contributed by atoms with Crippen molar-refractivity contribution in [2.75, 3.05) is 0 Å². The van der Waals surface area contributed by atoms with Gasteiger partial charge in [-0.3, -0.25) is 0 Å². The highest BCUT2D eigenvalue weighted by atomic mass is 14.5. The largest absolute Gasteiger partial charge is 0.0795 e. The molecule has 10 aromatic rings. The van der Waals surface area contributed by atoms with Gasteiger partial charge >= 0.3 is 0 Å². The minimum Gasteiger partial charge on any atom is -0.0795 e. The van der Waals surface area contributed by atoms with Crippen LogP contribution in [-0.2, 0) is 31.1 Å². The zero-order valence-corrected chi connectivity index (χ0v) is 38.3. The van der Waals surface area contributed by atoms with Crippen LogP contribution in [0.25, 0.3) is 88.3 Å². The van der Waals surface area contributed by atoms with Gasteiger partial charge in [0.1, 0.15) is 0 Å². The van der Waals surface area contributed by atoms with Gasteiger partial charge in [-0.05, 0) is 182 Å². The highest BCUT2D eigenvalue weighted by Crippen LogP contribution is 2.56. The second-order valence-electron chi connectivity index (χ2n) is 19.7. The molecule has 0 aliphatic heterocycles. The zero-order chi connectivity index (χ0) is 45.2. The fourth-order valence-corrected chi connectivity index (χ4v) is 13.1. The van der Waals surface area contributed by atoms with Gasteiger partial charge in [0.15, 0.2) is 0 Å². The van der Waals surface area contributed by atoms with E-state index in [0.717, 1.165) is 25.7 Å². The smallest absolute Gasteiger partial charge is 0.0713 e. The summed E-state index contributed by atoms with van der Waals surface area (Å²) in [6, 6.07) is 74.1. The van der Waals surface area contributed by atoms with Crippen LogP contribution in [0.1, 0.15) is 55.6 Å². The first-order valence-corrected chi connectivity index (χ1v) is 24.7. The summed E-state index contributed by atoms with van der Waals surface area (Å²) in [5.41, 5.74) is 28.8. The van der Waals surface area contributed by atoms with E-state index in [9.17, 15) is 0 Å². The lowest BCUT2D eigenvalue weighted by molar-refractivity contribution is 0.769. The Labute approximate surface area is 403 Å². The Morgan fingerprint density at radius 3 is 1.13 bits per heavy atom. The molecule has 0 bridgehead atoms. The maximum absolute atomic E-state index is 2.45. The van der Waals surface area contributed by atoms with E-state index in [0.29, 0.717) is 0 Å². The molecular weight excluding hydrogens is 829 g/mol. The average molecular weight is 875 g/mol. The molecule has 0 heteroatoms. The van der Waals surface area contributed by atoms with E-state index in [4.69, 9.17) is 0 Å². The lowest BCUT2D eigenvalue weighted by atomic mass is 9.67. The molecule has 322 valence electrons. The Bertz CT molecular complexity index is 3680. The van der Waals surface area contributed by atoms with Gasteiger partial charge in [-0.1, -0.05) is 218 Å². The third-order valence-electron chi connectivity index (χ3n) is 16.2. The number of hydrogen-bond acceptors (Lipinski definition) is 0. The standard InChI is InChI=1S/C69H46/c1-3-19-63-57(15-1)58-16-2-4-20-64(58)69(63,55-37-33-45(34-38-55)43-21-25-47(26-22-43)61-41-53-13-5-9-49-29-31-51-11-7-17-59(61)67(51)65(49)53)56-39-35-46(36-40-56)44-23-27-48(28-24-44)62-42-54-14-6-10-50-30-32-52-12-8-18-60(62)68(52)66(50)54/h1-12,15-30,33-42H,13-14,31-32H2. The molecule has 69 heavy (non-hydrogen) atoms. The molecule has 0 saturated heterocycles. The lowest BCUT2D eigenvalue weighted by Gasteiger charge is -2.34. The van der Waals surface area contributed by atoms with Gasteiger partial charge in [0.05, 0.1) is 5.41 Å². The van der Waals surface area contributed by atoms with E-state index < -0.39 is 5.41 Å². The van der Waals surface area contributed by atoms with Crippen LogP contribution in [0.3, 0.4) is 0 Å². The van der Waals surface area contributed by atoms with Gasteiger partial charge < -0.3 is 0 Å². The van der Waals surface area contributed by atoms with Crippen LogP contribution in [0.5, 0.6) is 0 Å². The van der Waals surface area contributed by atoms with Crippen LogP contribution >= 0.6 is 0 Å². The fraction of sp³-hybridized carbons (Fsp3) is 0.0725. The quantitative estimate of drug-likeness (QED) is 0.156. The molecule has 0 aromatic heterocycles. The molecule has 0 fully saturated rings. The summed E-state index contributed by atoms with van der Waals surface area (Å²) < 4.78 is 0. The zero-order valence-electron chi connectivity index (χ0n) is 38.3. The first kappa shape index (κ1) is 38.8. The Morgan fingerprint density at radius 2 is 0.696 bits per heavy atom. The molecule has 0 heterocycles. The molecular formula is C69H46. The normalized spacial score (nSPS) is 15.2. The van der Waals surface area contributed by atoms with Crippen molar-refractivity contribution >= 4 is 32.7 Å². The fourth-order valence-electron chi connectivity index (χ4n) is 13.1. The van der Waals surface area contributed by atoms with Gasteiger partial charge in [-0.15, -0.1) is 0 Å². The molecule has 0 saturated carbocycles. The van der Waals surface area contributed by atoms with E-state index in [1.165, 1.54) is 144 Å². The van der Waals surface area contributed by atoms with Crippen molar-refractivity contribution in [2.45, 2.75) is 31.1 Å². The minimum atomic E-state index is -0.476. The van der Waals surface area contributed by atoms with Crippen molar-refractivity contribution in [2.24, 2.45) is 0 Å². The minimum absolute atomic E-state index is 0.476. The van der Waals surface area contributed by atoms with Crippen LogP contribution in [-0.4, -0.2) is 0 Å². The first-order valence-electron chi connectivity index (χ1n) is 24.7.